The summed E-state index contributed by atoms with van der Waals surface area (Å²) in [5.41, 5.74) is 3.12. The normalized spacial score (nSPS) is 14.8. The van der Waals surface area contributed by atoms with Crippen LogP contribution in [0.25, 0.3) is 0 Å². The fourth-order valence-electron chi connectivity index (χ4n) is 4.38. The van der Waals surface area contributed by atoms with Crippen LogP contribution in [0.15, 0.2) is 84.9 Å². The van der Waals surface area contributed by atoms with Gasteiger partial charge in [-0.25, -0.2) is 4.39 Å². The highest BCUT2D eigenvalue weighted by Gasteiger charge is 2.27. The summed E-state index contributed by atoms with van der Waals surface area (Å²) in [6, 6.07) is 27.2. The second-order valence-corrected chi connectivity index (χ2v) is 9.56. The quantitative estimate of drug-likeness (QED) is 0.404. The Labute approximate surface area is 208 Å². The van der Waals surface area contributed by atoms with Crippen LogP contribution in [0.4, 0.5) is 10.1 Å². The summed E-state index contributed by atoms with van der Waals surface area (Å²) >= 11 is 1.29. The average Bonchev–Trinajstić information content (AvgIpc) is 3.37. The summed E-state index contributed by atoms with van der Waals surface area (Å²) in [5.74, 6) is -0.682. The number of rotatable bonds is 7. The zero-order chi connectivity index (χ0) is 24.0. The zero-order valence-electron chi connectivity index (χ0n) is 19.2. The lowest BCUT2D eigenvalue weighted by molar-refractivity contribution is 0.102. The molecule has 4 aromatic rings. The van der Waals surface area contributed by atoms with Crippen molar-refractivity contribution >= 4 is 22.9 Å². The van der Waals surface area contributed by atoms with Gasteiger partial charge in [-0.15, -0.1) is 10.2 Å². The van der Waals surface area contributed by atoms with Crippen molar-refractivity contribution in [3.05, 3.63) is 112 Å². The second kappa shape index (κ2) is 10.9. The van der Waals surface area contributed by atoms with E-state index in [-0.39, 0.29) is 17.8 Å². The van der Waals surface area contributed by atoms with Crippen LogP contribution < -0.4 is 5.32 Å². The van der Waals surface area contributed by atoms with Gasteiger partial charge in [0.05, 0.1) is 12.6 Å². The lowest BCUT2D eigenvalue weighted by atomic mass is 9.96. The molecular formula is C27H26FN5OS. The molecule has 1 aromatic heterocycles. The van der Waals surface area contributed by atoms with Crippen molar-refractivity contribution in [1.82, 2.24) is 20.0 Å². The topological polar surface area (TPSA) is 61.4 Å². The summed E-state index contributed by atoms with van der Waals surface area (Å²) in [5, 5.41) is 12.1. The average molecular weight is 488 g/mol. The lowest BCUT2D eigenvalue weighted by Crippen LogP contribution is -2.47. The van der Waals surface area contributed by atoms with Crippen LogP contribution in [0.1, 0.15) is 32.0 Å². The highest BCUT2D eigenvalue weighted by atomic mass is 32.1. The number of aromatic nitrogens is 2. The zero-order valence-corrected chi connectivity index (χ0v) is 20.0. The van der Waals surface area contributed by atoms with Gasteiger partial charge in [-0.2, -0.15) is 0 Å². The van der Waals surface area contributed by atoms with Gasteiger partial charge in [0.25, 0.3) is 5.91 Å². The molecule has 1 aliphatic rings. The van der Waals surface area contributed by atoms with E-state index in [2.05, 4.69) is 86.0 Å². The smallest absolute Gasteiger partial charge is 0.286 e. The van der Waals surface area contributed by atoms with Gasteiger partial charge in [0.2, 0.25) is 5.01 Å². The molecule has 1 aliphatic heterocycles. The molecule has 1 amide bonds. The number of anilines is 1. The minimum absolute atomic E-state index is 0.225. The molecule has 0 unspecified atom stereocenters. The minimum Gasteiger partial charge on any atom is -0.320 e. The highest BCUT2D eigenvalue weighted by molar-refractivity contribution is 7.13. The van der Waals surface area contributed by atoms with E-state index in [1.165, 1.54) is 46.7 Å². The van der Waals surface area contributed by atoms with E-state index in [0.29, 0.717) is 17.2 Å². The number of amides is 1. The molecule has 0 aliphatic carbocycles. The Hall–Kier alpha value is -3.46. The number of piperazine rings is 1. The van der Waals surface area contributed by atoms with Gasteiger partial charge in [0.1, 0.15) is 10.8 Å². The van der Waals surface area contributed by atoms with Gasteiger partial charge < -0.3 is 5.32 Å². The molecule has 1 fully saturated rings. The predicted molar refractivity (Wildman–Crippen MR) is 136 cm³/mol. The molecule has 35 heavy (non-hydrogen) atoms. The maximum absolute atomic E-state index is 13.1. The number of benzene rings is 3. The van der Waals surface area contributed by atoms with Gasteiger partial charge >= 0.3 is 0 Å². The SMILES string of the molecule is O=C(Nc1ccc(F)cc1)c1nnc(CN2CCN(C(c3ccccc3)c3ccccc3)CC2)s1. The third kappa shape index (κ3) is 5.79. The highest BCUT2D eigenvalue weighted by Crippen LogP contribution is 2.29. The third-order valence-electron chi connectivity index (χ3n) is 6.12. The summed E-state index contributed by atoms with van der Waals surface area (Å²) < 4.78 is 13.1. The maximum atomic E-state index is 13.1. The number of halogens is 1. The minimum atomic E-state index is -0.347. The number of carbonyl (C=O) groups is 1. The number of hydrogen-bond acceptors (Lipinski definition) is 6. The molecule has 0 bridgehead atoms. The Bertz CT molecular complexity index is 1200. The summed E-state index contributed by atoms with van der Waals surface area (Å²) in [7, 11) is 0. The Morgan fingerprint density at radius 3 is 2.06 bits per heavy atom. The first kappa shape index (κ1) is 23.3. The van der Waals surface area contributed by atoms with Gasteiger partial charge in [0, 0.05) is 31.9 Å². The molecule has 5 rings (SSSR count). The van der Waals surface area contributed by atoms with E-state index >= 15 is 0 Å². The molecule has 8 heteroatoms. The van der Waals surface area contributed by atoms with Crippen LogP contribution >= 0.6 is 11.3 Å². The van der Waals surface area contributed by atoms with Crippen molar-refractivity contribution < 1.29 is 9.18 Å². The van der Waals surface area contributed by atoms with Crippen LogP contribution in [-0.4, -0.2) is 52.1 Å². The fourth-order valence-corrected chi connectivity index (χ4v) is 5.16. The third-order valence-corrected chi connectivity index (χ3v) is 7.03. The van der Waals surface area contributed by atoms with E-state index in [1.54, 1.807) is 0 Å². The van der Waals surface area contributed by atoms with Crippen molar-refractivity contribution in [2.45, 2.75) is 12.6 Å². The molecule has 0 atom stereocenters. The summed E-state index contributed by atoms with van der Waals surface area (Å²) in [6.07, 6.45) is 0. The number of carbonyl (C=O) groups excluding carboxylic acids is 1. The largest absolute Gasteiger partial charge is 0.320 e. The summed E-state index contributed by atoms with van der Waals surface area (Å²) in [6.45, 7) is 4.35. The van der Waals surface area contributed by atoms with Crippen molar-refractivity contribution in [3.8, 4) is 0 Å². The molecule has 2 heterocycles. The van der Waals surface area contributed by atoms with Gasteiger partial charge in [0.15, 0.2) is 0 Å². The first-order valence-electron chi connectivity index (χ1n) is 11.6. The van der Waals surface area contributed by atoms with Crippen LogP contribution in [0.3, 0.4) is 0 Å². The molecule has 3 aromatic carbocycles. The van der Waals surface area contributed by atoms with Crippen LogP contribution in [0, 0.1) is 5.82 Å². The Morgan fingerprint density at radius 1 is 0.857 bits per heavy atom. The van der Waals surface area contributed by atoms with E-state index in [1.807, 2.05) is 0 Å². The number of nitrogens with zero attached hydrogens (tertiary/aromatic N) is 4. The Balaban J connectivity index is 1.20. The first-order valence-corrected chi connectivity index (χ1v) is 12.4. The predicted octanol–water partition coefficient (Wildman–Crippen LogP) is 4.84. The molecule has 6 nitrogen and oxygen atoms in total. The van der Waals surface area contributed by atoms with E-state index in [0.717, 1.165) is 31.2 Å². The molecule has 0 radical (unpaired) electrons. The Kier molecular flexibility index (Phi) is 7.23. The molecule has 178 valence electrons. The lowest BCUT2D eigenvalue weighted by Gasteiger charge is -2.39. The van der Waals surface area contributed by atoms with Crippen LogP contribution in [-0.2, 0) is 6.54 Å². The monoisotopic (exact) mass is 487 g/mol. The van der Waals surface area contributed by atoms with Gasteiger partial charge in [-0.1, -0.05) is 72.0 Å². The van der Waals surface area contributed by atoms with Crippen molar-refractivity contribution in [2.24, 2.45) is 0 Å². The summed E-state index contributed by atoms with van der Waals surface area (Å²) in [4.78, 5) is 17.4. The van der Waals surface area contributed by atoms with Crippen LogP contribution in [0.5, 0.6) is 0 Å². The Morgan fingerprint density at radius 2 is 1.46 bits per heavy atom. The second-order valence-electron chi connectivity index (χ2n) is 8.50. The fraction of sp³-hybridized carbons (Fsp3) is 0.222. The molecule has 1 N–H and O–H groups in total. The first-order chi connectivity index (χ1) is 17.2. The van der Waals surface area contributed by atoms with Crippen molar-refractivity contribution in [1.29, 1.82) is 0 Å². The van der Waals surface area contributed by atoms with Crippen molar-refractivity contribution in [2.75, 3.05) is 31.5 Å². The van der Waals surface area contributed by atoms with Crippen molar-refractivity contribution in [3.63, 3.8) is 0 Å². The molecule has 0 spiro atoms. The molecular weight excluding hydrogens is 461 g/mol. The van der Waals surface area contributed by atoms with E-state index in [9.17, 15) is 9.18 Å². The molecule has 1 saturated heterocycles. The van der Waals surface area contributed by atoms with Crippen LogP contribution in [0.2, 0.25) is 0 Å². The van der Waals surface area contributed by atoms with Gasteiger partial charge in [-0.3, -0.25) is 14.6 Å². The van der Waals surface area contributed by atoms with Gasteiger partial charge in [-0.05, 0) is 35.4 Å². The number of hydrogen-bond donors (Lipinski definition) is 1. The maximum Gasteiger partial charge on any atom is 0.286 e. The number of nitrogens with one attached hydrogen (secondary N) is 1. The van der Waals surface area contributed by atoms with E-state index in [4.69, 9.17) is 0 Å². The van der Waals surface area contributed by atoms with E-state index < -0.39 is 0 Å². The standard InChI is InChI=1S/C27H26FN5OS/c28-22-11-13-23(14-12-22)29-26(34)27-31-30-24(35-27)19-32-15-17-33(18-16-32)25(20-7-3-1-4-8-20)21-9-5-2-6-10-21/h1-14,25H,15-19H2,(H,29,34). The molecule has 0 saturated carbocycles.